The lowest BCUT2D eigenvalue weighted by Crippen LogP contribution is -2.12. The average molecular weight is 248 g/mol. The summed E-state index contributed by atoms with van der Waals surface area (Å²) in [5.41, 5.74) is 3.62. The Morgan fingerprint density at radius 3 is 2.76 bits per heavy atom. The summed E-state index contributed by atoms with van der Waals surface area (Å²) in [7, 11) is 0. The van der Waals surface area contributed by atoms with Crippen molar-refractivity contribution in [1.29, 1.82) is 0 Å². The smallest absolute Gasteiger partial charge is 0.311 e. The molecule has 1 aromatic heterocycles. The van der Waals surface area contributed by atoms with Gasteiger partial charge in [-0.2, -0.15) is 0 Å². The Bertz CT molecular complexity index is 424. The minimum Gasteiger partial charge on any atom is -0.466 e. The monoisotopic (exact) mass is 248 g/mol. The van der Waals surface area contributed by atoms with E-state index in [-0.39, 0.29) is 6.61 Å². The molecule has 2 N–H and O–H groups in total. The normalized spacial score (nSPS) is 10.6. The summed E-state index contributed by atoms with van der Waals surface area (Å²) in [6.45, 7) is 1.70. The number of carbonyl (C=O) groups is 1. The Labute approximate surface area is 95.6 Å². The van der Waals surface area contributed by atoms with Gasteiger partial charge in [0, 0.05) is 6.07 Å². The molecule has 0 aliphatic heterocycles. The number of nitrogens with two attached hydrogens (primary N) is 1. The molecule has 0 aliphatic carbocycles. The molecule has 0 aliphatic rings. The van der Waals surface area contributed by atoms with Gasteiger partial charge in [0.1, 0.15) is 11.5 Å². The SMILES string of the molecule is CCOC(=O)Cc1nc(C(F)F)c(N)cc1F. The standard InChI is InChI=1S/C10H11F3N2O2/c1-2-17-8(16)4-7-5(11)3-6(14)9(15-7)10(12)13/h3,10H,2,4,14H2,1H3. The van der Waals surface area contributed by atoms with Crippen LogP contribution in [0.25, 0.3) is 0 Å². The molecule has 4 nitrogen and oxygen atoms in total. The third kappa shape index (κ3) is 3.33. The molecule has 0 amide bonds. The zero-order chi connectivity index (χ0) is 13.0. The topological polar surface area (TPSA) is 65.2 Å². The lowest BCUT2D eigenvalue weighted by atomic mass is 10.2. The van der Waals surface area contributed by atoms with E-state index in [2.05, 4.69) is 9.72 Å². The summed E-state index contributed by atoms with van der Waals surface area (Å²) in [6, 6.07) is 0.725. The van der Waals surface area contributed by atoms with Gasteiger partial charge in [-0.1, -0.05) is 0 Å². The molecule has 0 unspecified atom stereocenters. The van der Waals surface area contributed by atoms with E-state index in [1.807, 2.05) is 0 Å². The van der Waals surface area contributed by atoms with Crippen LogP contribution in [-0.4, -0.2) is 17.6 Å². The zero-order valence-electron chi connectivity index (χ0n) is 9.04. The third-order valence-corrected chi connectivity index (χ3v) is 1.93. The highest BCUT2D eigenvalue weighted by molar-refractivity contribution is 5.72. The van der Waals surface area contributed by atoms with Gasteiger partial charge in [-0.3, -0.25) is 4.79 Å². The summed E-state index contributed by atoms with van der Waals surface area (Å²) in [4.78, 5) is 14.4. The average Bonchev–Trinajstić information content (AvgIpc) is 2.21. The second kappa shape index (κ2) is 5.51. The van der Waals surface area contributed by atoms with Crippen molar-refractivity contribution in [2.24, 2.45) is 0 Å². The second-order valence-electron chi connectivity index (χ2n) is 3.17. The van der Waals surface area contributed by atoms with Gasteiger partial charge in [0.25, 0.3) is 6.43 Å². The third-order valence-electron chi connectivity index (χ3n) is 1.93. The Morgan fingerprint density at radius 1 is 1.59 bits per heavy atom. The number of hydrogen-bond donors (Lipinski definition) is 1. The van der Waals surface area contributed by atoms with Crippen LogP contribution in [0.4, 0.5) is 18.9 Å². The first-order valence-corrected chi connectivity index (χ1v) is 4.84. The van der Waals surface area contributed by atoms with Crippen LogP contribution in [0.15, 0.2) is 6.07 Å². The van der Waals surface area contributed by atoms with Crippen LogP contribution in [0.5, 0.6) is 0 Å². The highest BCUT2D eigenvalue weighted by atomic mass is 19.3. The van der Waals surface area contributed by atoms with E-state index in [1.165, 1.54) is 0 Å². The van der Waals surface area contributed by atoms with Crippen molar-refractivity contribution in [1.82, 2.24) is 4.98 Å². The van der Waals surface area contributed by atoms with Crippen LogP contribution in [-0.2, 0) is 16.0 Å². The summed E-state index contributed by atoms with van der Waals surface area (Å²) in [5, 5.41) is 0. The highest BCUT2D eigenvalue weighted by Crippen LogP contribution is 2.24. The minimum atomic E-state index is -2.92. The quantitative estimate of drug-likeness (QED) is 0.826. The number of ether oxygens (including phenoxy) is 1. The number of hydrogen-bond acceptors (Lipinski definition) is 4. The fraction of sp³-hybridized carbons (Fsp3) is 0.400. The molecule has 0 bridgehead atoms. The lowest BCUT2D eigenvalue weighted by Gasteiger charge is -2.08. The number of halogens is 3. The van der Waals surface area contributed by atoms with Gasteiger partial charge in [0.2, 0.25) is 0 Å². The van der Waals surface area contributed by atoms with E-state index in [9.17, 15) is 18.0 Å². The molecule has 0 radical (unpaired) electrons. The van der Waals surface area contributed by atoms with Crippen molar-refractivity contribution in [3.05, 3.63) is 23.3 Å². The van der Waals surface area contributed by atoms with Crippen LogP contribution in [0.2, 0.25) is 0 Å². The molecule has 0 aromatic carbocycles. The number of anilines is 1. The molecule has 1 rings (SSSR count). The first-order chi connectivity index (χ1) is 7.95. The maximum absolute atomic E-state index is 13.3. The van der Waals surface area contributed by atoms with Crippen molar-refractivity contribution in [2.45, 2.75) is 19.8 Å². The largest absolute Gasteiger partial charge is 0.466 e. The van der Waals surface area contributed by atoms with Crippen molar-refractivity contribution < 1.29 is 22.7 Å². The first kappa shape index (κ1) is 13.3. The number of esters is 1. The molecule has 0 atom stereocenters. The minimum absolute atomic E-state index is 0.122. The van der Waals surface area contributed by atoms with Crippen LogP contribution in [0.1, 0.15) is 24.7 Å². The predicted octanol–water partition coefficient (Wildman–Crippen LogP) is 1.85. The predicted molar refractivity (Wildman–Crippen MR) is 53.9 cm³/mol. The number of rotatable bonds is 4. The molecule has 94 valence electrons. The van der Waals surface area contributed by atoms with E-state index in [1.54, 1.807) is 6.92 Å². The number of carbonyl (C=O) groups excluding carboxylic acids is 1. The summed E-state index contributed by atoms with van der Waals surface area (Å²) < 4.78 is 42.8. The number of alkyl halides is 2. The molecular formula is C10H11F3N2O2. The van der Waals surface area contributed by atoms with Crippen LogP contribution in [0, 0.1) is 5.82 Å². The molecule has 0 spiro atoms. The van der Waals surface area contributed by atoms with Gasteiger partial charge in [-0.15, -0.1) is 0 Å². The van der Waals surface area contributed by atoms with Gasteiger partial charge >= 0.3 is 5.97 Å². The summed E-state index contributed by atoms with van der Waals surface area (Å²) >= 11 is 0. The number of nitrogens with zero attached hydrogens (tertiary/aromatic N) is 1. The Kier molecular flexibility index (Phi) is 4.30. The van der Waals surface area contributed by atoms with E-state index >= 15 is 0 Å². The zero-order valence-corrected chi connectivity index (χ0v) is 9.04. The second-order valence-corrected chi connectivity index (χ2v) is 3.17. The fourth-order valence-electron chi connectivity index (χ4n) is 1.20. The van der Waals surface area contributed by atoms with Gasteiger partial charge in [0.05, 0.1) is 24.4 Å². The number of nitrogen functional groups attached to an aromatic ring is 1. The van der Waals surface area contributed by atoms with E-state index < -0.39 is 41.7 Å². The van der Waals surface area contributed by atoms with Gasteiger partial charge in [-0.05, 0) is 6.92 Å². The summed E-state index contributed by atoms with van der Waals surface area (Å²) in [6.07, 6.45) is -3.42. The molecule has 17 heavy (non-hydrogen) atoms. The van der Waals surface area contributed by atoms with Gasteiger partial charge < -0.3 is 10.5 Å². The molecular weight excluding hydrogens is 237 g/mol. The van der Waals surface area contributed by atoms with E-state index in [0.717, 1.165) is 6.07 Å². The van der Waals surface area contributed by atoms with Gasteiger partial charge in [0.15, 0.2) is 0 Å². The molecule has 1 heterocycles. The Balaban J connectivity index is 2.99. The number of pyridine rings is 1. The van der Waals surface area contributed by atoms with E-state index in [0.29, 0.717) is 0 Å². The van der Waals surface area contributed by atoms with Crippen LogP contribution >= 0.6 is 0 Å². The van der Waals surface area contributed by atoms with Crippen LogP contribution < -0.4 is 5.73 Å². The van der Waals surface area contributed by atoms with Crippen molar-refractivity contribution in [3.8, 4) is 0 Å². The molecule has 0 fully saturated rings. The first-order valence-electron chi connectivity index (χ1n) is 4.84. The number of aromatic nitrogens is 1. The van der Waals surface area contributed by atoms with Crippen LogP contribution in [0.3, 0.4) is 0 Å². The molecule has 0 saturated carbocycles. The maximum Gasteiger partial charge on any atom is 0.311 e. The highest BCUT2D eigenvalue weighted by Gasteiger charge is 2.19. The summed E-state index contributed by atoms with van der Waals surface area (Å²) in [5.74, 6) is -1.64. The van der Waals surface area contributed by atoms with Crippen molar-refractivity contribution in [2.75, 3.05) is 12.3 Å². The molecule has 0 saturated heterocycles. The van der Waals surface area contributed by atoms with Gasteiger partial charge in [-0.25, -0.2) is 18.2 Å². The lowest BCUT2D eigenvalue weighted by molar-refractivity contribution is -0.142. The van der Waals surface area contributed by atoms with Crippen molar-refractivity contribution in [3.63, 3.8) is 0 Å². The fourth-order valence-corrected chi connectivity index (χ4v) is 1.20. The van der Waals surface area contributed by atoms with Crippen molar-refractivity contribution >= 4 is 11.7 Å². The maximum atomic E-state index is 13.3. The molecule has 7 heteroatoms. The molecule has 1 aromatic rings. The Morgan fingerprint density at radius 2 is 2.24 bits per heavy atom. The van der Waals surface area contributed by atoms with E-state index in [4.69, 9.17) is 5.73 Å². The Hall–Kier alpha value is -1.79.